The normalized spacial score (nSPS) is 15.2. The van der Waals surface area contributed by atoms with Crippen molar-refractivity contribution in [1.29, 1.82) is 0 Å². The molecule has 1 aliphatic heterocycles. The monoisotopic (exact) mass is 311 g/mol. The zero-order valence-electron chi connectivity index (χ0n) is 13.0. The van der Waals surface area contributed by atoms with Crippen LogP contribution < -0.4 is 4.74 Å². The van der Waals surface area contributed by atoms with E-state index in [-0.39, 0.29) is 6.09 Å². The summed E-state index contributed by atoms with van der Waals surface area (Å²) in [5.41, 5.74) is 1.65. The standard InChI is InChI=1S/C16H22ClNO3/c1-16(2,3)21-15(19)18-9-5-6-12-11(10-18)7-8-13(20-4)14(12)17/h7-8H,5-6,9-10H2,1-4H3. The van der Waals surface area contributed by atoms with Crippen molar-refractivity contribution in [3.63, 3.8) is 0 Å². The lowest BCUT2D eigenvalue weighted by Crippen LogP contribution is -2.36. The predicted octanol–water partition coefficient (Wildman–Crippen LogP) is 4.03. The first-order chi connectivity index (χ1) is 9.81. The molecule has 0 atom stereocenters. The van der Waals surface area contributed by atoms with Gasteiger partial charge in [0.05, 0.1) is 12.1 Å². The lowest BCUT2D eigenvalue weighted by molar-refractivity contribution is 0.0237. The fraction of sp³-hybridized carbons (Fsp3) is 0.562. The summed E-state index contributed by atoms with van der Waals surface area (Å²) in [7, 11) is 1.61. The van der Waals surface area contributed by atoms with E-state index in [9.17, 15) is 4.79 Å². The first kappa shape index (κ1) is 16.0. The number of carbonyl (C=O) groups is 1. The number of hydrogen-bond donors (Lipinski definition) is 0. The summed E-state index contributed by atoms with van der Waals surface area (Å²) in [4.78, 5) is 14.0. The van der Waals surface area contributed by atoms with Crippen molar-refractivity contribution in [2.24, 2.45) is 0 Å². The van der Waals surface area contributed by atoms with Gasteiger partial charge in [-0.25, -0.2) is 4.79 Å². The fourth-order valence-corrected chi connectivity index (χ4v) is 2.79. The Kier molecular flexibility index (Phi) is 4.67. The third-order valence-corrected chi connectivity index (χ3v) is 3.81. The fourth-order valence-electron chi connectivity index (χ4n) is 2.43. The molecule has 21 heavy (non-hydrogen) atoms. The molecule has 4 nitrogen and oxygen atoms in total. The molecule has 1 aromatic rings. The maximum Gasteiger partial charge on any atom is 0.410 e. The predicted molar refractivity (Wildman–Crippen MR) is 83.0 cm³/mol. The number of ether oxygens (including phenoxy) is 2. The molecule has 0 radical (unpaired) electrons. The van der Waals surface area contributed by atoms with Crippen molar-refractivity contribution in [3.05, 3.63) is 28.3 Å². The molecule has 2 rings (SSSR count). The lowest BCUT2D eigenvalue weighted by atomic mass is 10.0. The average Bonchev–Trinajstić information content (AvgIpc) is 2.60. The maximum absolute atomic E-state index is 12.2. The molecule has 0 unspecified atom stereocenters. The van der Waals surface area contributed by atoms with Gasteiger partial charge in [-0.15, -0.1) is 0 Å². The van der Waals surface area contributed by atoms with Gasteiger partial charge >= 0.3 is 6.09 Å². The highest BCUT2D eigenvalue weighted by Gasteiger charge is 2.25. The second-order valence-corrected chi connectivity index (χ2v) is 6.60. The summed E-state index contributed by atoms with van der Waals surface area (Å²) in [6.07, 6.45) is 1.42. The van der Waals surface area contributed by atoms with Crippen molar-refractivity contribution in [2.45, 2.75) is 45.8 Å². The van der Waals surface area contributed by atoms with E-state index in [4.69, 9.17) is 21.1 Å². The molecular weight excluding hydrogens is 290 g/mol. The first-order valence-corrected chi connectivity index (χ1v) is 7.52. The quantitative estimate of drug-likeness (QED) is 0.786. The molecular formula is C16H22ClNO3. The van der Waals surface area contributed by atoms with Crippen LogP contribution in [0.1, 0.15) is 38.3 Å². The van der Waals surface area contributed by atoms with Crippen LogP contribution in [0.2, 0.25) is 5.02 Å². The van der Waals surface area contributed by atoms with Gasteiger partial charge < -0.3 is 14.4 Å². The summed E-state index contributed by atoms with van der Waals surface area (Å²) >= 11 is 6.37. The summed E-state index contributed by atoms with van der Waals surface area (Å²) in [5.74, 6) is 0.682. The van der Waals surface area contributed by atoms with Crippen LogP contribution in [0, 0.1) is 0 Å². The van der Waals surface area contributed by atoms with E-state index in [1.165, 1.54) is 0 Å². The molecule has 0 bridgehead atoms. The average molecular weight is 312 g/mol. The van der Waals surface area contributed by atoms with Gasteiger partial charge in [0.25, 0.3) is 0 Å². The summed E-state index contributed by atoms with van der Waals surface area (Å²) in [5, 5.41) is 0.654. The zero-order chi connectivity index (χ0) is 15.6. The van der Waals surface area contributed by atoms with Crippen LogP contribution in [0.4, 0.5) is 4.79 Å². The summed E-state index contributed by atoms with van der Waals surface area (Å²) in [6.45, 7) is 6.81. The van der Waals surface area contributed by atoms with Crippen molar-refractivity contribution in [1.82, 2.24) is 4.90 Å². The van der Waals surface area contributed by atoms with Gasteiger partial charge in [-0.05, 0) is 50.8 Å². The highest BCUT2D eigenvalue weighted by Crippen LogP contribution is 2.33. The largest absolute Gasteiger partial charge is 0.495 e. The van der Waals surface area contributed by atoms with Gasteiger partial charge in [-0.1, -0.05) is 17.7 Å². The molecule has 1 heterocycles. The number of methoxy groups -OCH3 is 1. The molecule has 0 saturated carbocycles. The molecule has 116 valence electrons. The molecule has 1 aliphatic rings. The van der Waals surface area contributed by atoms with Gasteiger partial charge in [0.15, 0.2) is 0 Å². The molecule has 0 saturated heterocycles. The summed E-state index contributed by atoms with van der Waals surface area (Å²) in [6, 6.07) is 3.82. The molecule has 1 amide bonds. The molecule has 0 fully saturated rings. The van der Waals surface area contributed by atoms with Crippen LogP contribution >= 0.6 is 11.6 Å². The van der Waals surface area contributed by atoms with Crippen molar-refractivity contribution in [3.8, 4) is 5.75 Å². The highest BCUT2D eigenvalue weighted by molar-refractivity contribution is 6.33. The second kappa shape index (κ2) is 6.14. The number of amides is 1. The Morgan fingerprint density at radius 1 is 1.33 bits per heavy atom. The molecule has 0 N–H and O–H groups in total. The smallest absolute Gasteiger partial charge is 0.410 e. The number of nitrogens with zero attached hydrogens (tertiary/aromatic N) is 1. The number of rotatable bonds is 1. The number of carbonyl (C=O) groups excluding carboxylic acids is 1. The molecule has 1 aromatic carbocycles. The van der Waals surface area contributed by atoms with E-state index in [1.807, 2.05) is 32.9 Å². The minimum atomic E-state index is -0.482. The Balaban J connectivity index is 2.22. The third-order valence-electron chi connectivity index (χ3n) is 3.39. The van der Waals surface area contributed by atoms with Crippen LogP contribution in [-0.2, 0) is 17.7 Å². The van der Waals surface area contributed by atoms with Crippen molar-refractivity contribution < 1.29 is 14.3 Å². The summed E-state index contributed by atoms with van der Waals surface area (Å²) < 4.78 is 10.7. The van der Waals surface area contributed by atoms with Gasteiger partial charge in [0, 0.05) is 13.1 Å². The van der Waals surface area contributed by atoms with Crippen LogP contribution in [-0.4, -0.2) is 30.2 Å². The molecule has 0 spiro atoms. The Labute approximate surface area is 131 Å². The van der Waals surface area contributed by atoms with Gasteiger partial charge in [-0.2, -0.15) is 0 Å². The Hall–Kier alpha value is -1.42. The van der Waals surface area contributed by atoms with E-state index < -0.39 is 5.60 Å². The third kappa shape index (κ3) is 3.82. The number of benzene rings is 1. The van der Waals surface area contributed by atoms with E-state index in [0.717, 1.165) is 24.0 Å². The Morgan fingerprint density at radius 3 is 2.67 bits per heavy atom. The van der Waals surface area contributed by atoms with E-state index in [1.54, 1.807) is 12.0 Å². The first-order valence-electron chi connectivity index (χ1n) is 7.14. The number of hydrogen-bond acceptors (Lipinski definition) is 3. The van der Waals surface area contributed by atoms with Gasteiger partial charge in [-0.3, -0.25) is 0 Å². The van der Waals surface area contributed by atoms with E-state index >= 15 is 0 Å². The van der Waals surface area contributed by atoms with Crippen molar-refractivity contribution >= 4 is 17.7 Å². The Bertz CT molecular complexity index is 537. The van der Waals surface area contributed by atoms with E-state index in [0.29, 0.717) is 23.9 Å². The van der Waals surface area contributed by atoms with Crippen LogP contribution in [0.5, 0.6) is 5.75 Å². The lowest BCUT2D eigenvalue weighted by Gasteiger charge is -2.26. The molecule has 0 aliphatic carbocycles. The van der Waals surface area contributed by atoms with Gasteiger partial charge in [0.2, 0.25) is 0 Å². The van der Waals surface area contributed by atoms with Crippen LogP contribution in [0.3, 0.4) is 0 Å². The molecule has 5 heteroatoms. The minimum Gasteiger partial charge on any atom is -0.495 e. The SMILES string of the molecule is COc1ccc2c(c1Cl)CCCN(C(=O)OC(C)(C)C)C2. The zero-order valence-corrected chi connectivity index (χ0v) is 13.8. The molecule has 0 aromatic heterocycles. The van der Waals surface area contributed by atoms with Crippen molar-refractivity contribution in [2.75, 3.05) is 13.7 Å². The maximum atomic E-state index is 12.2. The van der Waals surface area contributed by atoms with E-state index in [2.05, 4.69) is 0 Å². The number of fused-ring (bicyclic) bond motifs is 1. The second-order valence-electron chi connectivity index (χ2n) is 6.22. The van der Waals surface area contributed by atoms with Crippen LogP contribution in [0.15, 0.2) is 12.1 Å². The topological polar surface area (TPSA) is 38.8 Å². The highest BCUT2D eigenvalue weighted by atomic mass is 35.5. The van der Waals surface area contributed by atoms with Crippen LogP contribution in [0.25, 0.3) is 0 Å². The Morgan fingerprint density at radius 2 is 2.05 bits per heavy atom. The van der Waals surface area contributed by atoms with Gasteiger partial charge in [0.1, 0.15) is 11.4 Å². The number of halogens is 1. The minimum absolute atomic E-state index is 0.276.